The highest BCUT2D eigenvalue weighted by atomic mass is 32.2. The summed E-state index contributed by atoms with van der Waals surface area (Å²) in [6, 6.07) is 0. The molecule has 2 N–H and O–H groups in total. The van der Waals surface area contributed by atoms with Gasteiger partial charge in [-0.1, -0.05) is 6.42 Å². The van der Waals surface area contributed by atoms with E-state index in [4.69, 9.17) is 0 Å². The molecule has 0 amide bonds. The van der Waals surface area contributed by atoms with Gasteiger partial charge in [-0.15, -0.1) is 0 Å². The summed E-state index contributed by atoms with van der Waals surface area (Å²) in [7, 11) is -1.85. The van der Waals surface area contributed by atoms with Gasteiger partial charge >= 0.3 is 0 Å². The third kappa shape index (κ3) is 3.01. The van der Waals surface area contributed by atoms with Gasteiger partial charge in [0.05, 0.1) is 18.4 Å². The van der Waals surface area contributed by atoms with E-state index in [1.54, 1.807) is 7.05 Å². The van der Waals surface area contributed by atoms with Crippen LogP contribution in [0.15, 0.2) is 17.3 Å². The Morgan fingerprint density at radius 3 is 2.90 bits per heavy atom. The van der Waals surface area contributed by atoms with Crippen molar-refractivity contribution in [2.45, 2.75) is 43.5 Å². The van der Waals surface area contributed by atoms with Crippen molar-refractivity contribution in [1.29, 1.82) is 0 Å². The SMILES string of the molecule is Cn1cc(S(=O)(=O)NCc2n[nH]c3c2CCCCC3)cn1. The first-order chi connectivity index (χ1) is 10.1. The third-order valence-electron chi connectivity index (χ3n) is 3.81. The lowest BCUT2D eigenvalue weighted by Crippen LogP contribution is -2.23. The topological polar surface area (TPSA) is 92.7 Å². The number of aromatic nitrogens is 4. The van der Waals surface area contributed by atoms with Gasteiger partial charge in [0.25, 0.3) is 0 Å². The van der Waals surface area contributed by atoms with Crippen LogP contribution in [0.4, 0.5) is 0 Å². The molecule has 0 bridgehead atoms. The van der Waals surface area contributed by atoms with Gasteiger partial charge in [0.1, 0.15) is 4.90 Å². The highest BCUT2D eigenvalue weighted by Gasteiger charge is 2.19. The number of fused-ring (bicyclic) bond motifs is 1. The number of nitrogens with zero attached hydrogens (tertiary/aromatic N) is 3. The predicted molar refractivity (Wildman–Crippen MR) is 77.1 cm³/mol. The van der Waals surface area contributed by atoms with E-state index in [1.165, 1.54) is 29.1 Å². The fourth-order valence-electron chi connectivity index (χ4n) is 2.66. The summed E-state index contributed by atoms with van der Waals surface area (Å²) < 4.78 is 28.4. The molecule has 0 spiro atoms. The maximum atomic E-state index is 12.2. The number of rotatable bonds is 4. The number of sulfonamides is 1. The van der Waals surface area contributed by atoms with Crippen molar-refractivity contribution in [3.05, 3.63) is 29.3 Å². The first-order valence-corrected chi connectivity index (χ1v) is 8.58. The van der Waals surface area contributed by atoms with Crippen LogP contribution in [0, 0.1) is 0 Å². The first-order valence-electron chi connectivity index (χ1n) is 7.09. The summed E-state index contributed by atoms with van der Waals surface area (Å²) in [5.74, 6) is 0. The maximum absolute atomic E-state index is 12.2. The average Bonchev–Trinajstić information content (AvgIpc) is 2.97. The predicted octanol–water partition coefficient (Wildman–Crippen LogP) is 0.891. The lowest BCUT2D eigenvalue weighted by Gasteiger charge is -2.05. The van der Waals surface area contributed by atoms with Crippen LogP contribution in [0.5, 0.6) is 0 Å². The largest absolute Gasteiger partial charge is 0.282 e. The minimum atomic E-state index is -3.54. The fourth-order valence-corrected chi connectivity index (χ4v) is 3.63. The average molecular weight is 309 g/mol. The zero-order valence-corrected chi connectivity index (χ0v) is 12.8. The third-order valence-corrected chi connectivity index (χ3v) is 5.17. The highest BCUT2D eigenvalue weighted by Crippen LogP contribution is 2.21. The summed E-state index contributed by atoms with van der Waals surface area (Å²) in [5.41, 5.74) is 3.14. The molecule has 0 unspecified atom stereocenters. The van der Waals surface area contributed by atoms with E-state index < -0.39 is 10.0 Å². The molecule has 2 aromatic rings. The summed E-state index contributed by atoms with van der Waals surface area (Å²) in [4.78, 5) is 0.173. The van der Waals surface area contributed by atoms with Crippen LogP contribution in [0.1, 0.15) is 36.2 Å². The molecule has 1 aliphatic rings. The quantitative estimate of drug-likeness (QED) is 0.820. The molecule has 2 heterocycles. The van der Waals surface area contributed by atoms with E-state index in [0.717, 1.165) is 37.1 Å². The monoisotopic (exact) mass is 309 g/mol. The van der Waals surface area contributed by atoms with Crippen LogP contribution < -0.4 is 4.72 Å². The Kier molecular flexibility index (Phi) is 3.81. The molecule has 21 heavy (non-hydrogen) atoms. The molecule has 114 valence electrons. The van der Waals surface area contributed by atoms with Crippen molar-refractivity contribution in [3.8, 4) is 0 Å². The van der Waals surface area contributed by atoms with Crippen molar-refractivity contribution in [2.24, 2.45) is 7.05 Å². The molecule has 0 aliphatic heterocycles. The Morgan fingerprint density at radius 2 is 2.14 bits per heavy atom. The molecule has 0 fully saturated rings. The molecule has 0 aromatic carbocycles. The van der Waals surface area contributed by atoms with Crippen LogP contribution in [-0.4, -0.2) is 28.4 Å². The van der Waals surface area contributed by atoms with E-state index in [9.17, 15) is 8.42 Å². The van der Waals surface area contributed by atoms with E-state index in [0.29, 0.717) is 0 Å². The van der Waals surface area contributed by atoms with E-state index >= 15 is 0 Å². The van der Waals surface area contributed by atoms with Crippen LogP contribution in [0.25, 0.3) is 0 Å². The zero-order valence-electron chi connectivity index (χ0n) is 12.0. The number of aromatic amines is 1. The normalized spacial score (nSPS) is 15.7. The Morgan fingerprint density at radius 1 is 1.33 bits per heavy atom. The van der Waals surface area contributed by atoms with E-state index in [1.807, 2.05) is 0 Å². The van der Waals surface area contributed by atoms with Gasteiger partial charge in [-0.25, -0.2) is 13.1 Å². The molecule has 0 atom stereocenters. The smallest absolute Gasteiger partial charge is 0.244 e. The van der Waals surface area contributed by atoms with Gasteiger partial charge in [0, 0.05) is 18.9 Å². The summed E-state index contributed by atoms with van der Waals surface area (Å²) in [5, 5.41) is 11.2. The number of hydrogen-bond acceptors (Lipinski definition) is 4. The van der Waals surface area contributed by atoms with E-state index in [2.05, 4.69) is 20.0 Å². The first kappa shape index (κ1) is 14.3. The number of aryl methyl sites for hydroxylation is 2. The summed E-state index contributed by atoms with van der Waals surface area (Å²) in [6.07, 6.45) is 8.29. The molecule has 0 saturated heterocycles. The maximum Gasteiger partial charge on any atom is 0.244 e. The van der Waals surface area contributed by atoms with Crippen molar-refractivity contribution >= 4 is 10.0 Å². The molecule has 0 saturated carbocycles. The molecule has 8 heteroatoms. The molecular formula is C13H19N5O2S. The number of nitrogens with one attached hydrogen (secondary N) is 2. The molecular weight excluding hydrogens is 290 g/mol. The van der Waals surface area contributed by atoms with Crippen molar-refractivity contribution in [2.75, 3.05) is 0 Å². The standard InChI is InChI=1S/C13H19N5O2S/c1-18-9-10(7-14-18)21(19,20)15-8-13-11-5-3-2-4-6-12(11)16-17-13/h7,9,15H,2-6,8H2,1H3,(H,16,17). The second-order valence-electron chi connectivity index (χ2n) is 5.36. The lowest BCUT2D eigenvalue weighted by molar-refractivity contribution is 0.579. The fraction of sp³-hybridized carbons (Fsp3) is 0.538. The van der Waals surface area contributed by atoms with Crippen LogP contribution >= 0.6 is 0 Å². The van der Waals surface area contributed by atoms with Gasteiger partial charge in [-0.2, -0.15) is 10.2 Å². The van der Waals surface area contributed by atoms with Gasteiger partial charge in [-0.3, -0.25) is 9.78 Å². The Balaban J connectivity index is 1.75. The highest BCUT2D eigenvalue weighted by molar-refractivity contribution is 7.89. The molecule has 1 aliphatic carbocycles. The minimum Gasteiger partial charge on any atom is -0.282 e. The number of H-pyrrole nitrogens is 1. The second-order valence-corrected chi connectivity index (χ2v) is 7.13. The van der Waals surface area contributed by atoms with Gasteiger partial charge in [0.15, 0.2) is 0 Å². The van der Waals surface area contributed by atoms with Gasteiger partial charge in [0.2, 0.25) is 10.0 Å². The van der Waals surface area contributed by atoms with Crippen LogP contribution in [0.2, 0.25) is 0 Å². The molecule has 2 aromatic heterocycles. The Labute approximate surface area is 123 Å². The zero-order chi connectivity index (χ0) is 14.9. The molecule has 3 rings (SSSR count). The lowest BCUT2D eigenvalue weighted by atomic mass is 10.1. The van der Waals surface area contributed by atoms with Crippen molar-refractivity contribution < 1.29 is 8.42 Å². The van der Waals surface area contributed by atoms with E-state index in [-0.39, 0.29) is 11.4 Å². The molecule has 0 radical (unpaired) electrons. The van der Waals surface area contributed by atoms with Gasteiger partial charge < -0.3 is 0 Å². The van der Waals surface area contributed by atoms with Crippen LogP contribution in [-0.2, 0) is 36.5 Å². The van der Waals surface area contributed by atoms with Crippen molar-refractivity contribution in [1.82, 2.24) is 24.7 Å². The number of hydrogen-bond donors (Lipinski definition) is 2. The Hall–Kier alpha value is -1.67. The van der Waals surface area contributed by atoms with Crippen LogP contribution in [0.3, 0.4) is 0 Å². The second kappa shape index (κ2) is 5.61. The summed E-state index contributed by atoms with van der Waals surface area (Å²) >= 11 is 0. The minimum absolute atomic E-state index is 0.173. The Bertz CT molecular complexity index is 732. The summed E-state index contributed by atoms with van der Waals surface area (Å²) in [6.45, 7) is 0.211. The molecule has 7 nitrogen and oxygen atoms in total. The van der Waals surface area contributed by atoms with Crippen molar-refractivity contribution in [3.63, 3.8) is 0 Å². The van der Waals surface area contributed by atoms with Gasteiger partial charge in [-0.05, 0) is 31.2 Å².